The summed E-state index contributed by atoms with van der Waals surface area (Å²) in [6.07, 6.45) is 1.85. The molecule has 1 N–H and O–H groups in total. The van der Waals surface area contributed by atoms with Crippen LogP contribution in [0.4, 0.5) is 11.5 Å². The van der Waals surface area contributed by atoms with Crippen LogP contribution in [0, 0.1) is 10.1 Å². The second-order valence-electron chi connectivity index (χ2n) is 4.50. The zero-order valence-corrected chi connectivity index (χ0v) is 10.1. The Hall–Kier alpha value is -2.18. The number of carbonyl (C=O) groups excluding carboxylic acids is 1. The summed E-state index contributed by atoms with van der Waals surface area (Å²) in [6, 6.07) is 2.54. The molecule has 0 atom stereocenters. The lowest BCUT2D eigenvalue weighted by Gasteiger charge is -2.12. The summed E-state index contributed by atoms with van der Waals surface area (Å²) < 4.78 is 4.54. The molecule has 0 bridgehead atoms. The van der Waals surface area contributed by atoms with Crippen LogP contribution in [0.5, 0.6) is 0 Å². The highest BCUT2D eigenvalue weighted by Crippen LogP contribution is 2.39. The lowest BCUT2D eigenvalue weighted by atomic mass is 10.2. The summed E-state index contributed by atoms with van der Waals surface area (Å²) in [6.45, 7) is 1.95. The number of nitro groups is 1. The number of pyridine rings is 1. The van der Waals surface area contributed by atoms with Crippen molar-refractivity contribution in [3.05, 3.63) is 27.9 Å². The molecule has 1 aliphatic rings. The van der Waals surface area contributed by atoms with E-state index in [0.29, 0.717) is 0 Å². The van der Waals surface area contributed by atoms with E-state index in [1.807, 2.05) is 6.92 Å². The zero-order valence-electron chi connectivity index (χ0n) is 10.1. The lowest BCUT2D eigenvalue weighted by molar-refractivity contribution is -0.384. The fraction of sp³-hybridized carbons (Fsp3) is 0.455. The molecule has 1 aromatic rings. The number of methoxy groups -OCH3 is 1. The molecule has 2 rings (SSSR count). The molecule has 0 spiro atoms. The van der Waals surface area contributed by atoms with E-state index in [1.165, 1.54) is 19.2 Å². The molecule has 7 heteroatoms. The Bertz CT molecular complexity index is 511. The van der Waals surface area contributed by atoms with Crippen LogP contribution in [-0.2, 0) is 4.74 Å². The Morgan fingerprint density at radius 3 is 2.72 bits per heavy atom. The first kappa shape index (κ1) is 12.3. The Kier molecular flexibility index (Phi) is 2.90. The van der Waals surface area contributed by atoms with E-state index >= 15 is 0 Å². The first-order chi connectivity index (χ1) is 8.45. The molecule has 1 aliphatic carbocycles. The van der Waals surface area contributed by atoms with Gasteiger partial charge in [-0.15, -0.1) is 0 Å². The summed E-state index contributed by atoms with van der Waals surface area (Å²) in [5, 5.41) is 13.9. The minimum absolute atomic E-state index is 0.0508. The molecule has 0 saturated heterocycles. The molecule has 1 heterocycles. The van der Waals surface area contributed by atoms with Crippen LogP contribution in [0.1, 0.15) is 30.3 Å². The molecule has 1 fully saturated rings. The molecular weight excluding hydrogens is 238 g/mol. The third kappa shape index (κ3) is 2.39. The maximum absolute atomic E-state index is 11.3. The fourth-order valence-electron chi connectivity index (χ4n) is 1.51. The van der Waals surface area contributed by atoms with Gasteiger partial charge < -0.3 is 10.1 Å². The maximum atomic E-state index is 11.3. The Labute approximate surface area is 103 Å². The Balaban J connectivity index is 2.37. The van der Waals surface area contributed by atoms with Crippen molar-refractivity contribution in [3.63, 3.8) is 0 Å². The van der Waals surface area contributed by atoms with Gasteiger partial charge in [0.1, 0.15) is 0 Å². The number of nitrogens with one attached hydrogen (secondary N) is 1. The second-order valence-corrected chi connectivity index (χ2v) is 4.50. The van der Waals surface area contributed by atoms with Crippen LogP contribution >= 0.6 is 0 Å². The van der Waals surface area contributed by atoms with E-state index in [2.05, 4.69) is 15.0 Å². The largest absolute Gasteiger partial charge is 0.464 e. The normalized spacial score (nSPS) is 15.9. The van der Waals surface area contributed by atoms with Crippen molar-refractivity contribution >= 4 is 17.5 Å². The van der Waals surface area contributed by atoms with Crippen LogP contribution in [0.25, 0.3) is 0 Å². The average molecular weight is 251 g/mol. The minimum atomic E-state index is -0.617. The molecule has 7 nitrogen and oxygen atoms in total. The Morgan fingerprint density at radius 2 is 2.22 bits per heavy atom. The predicted molar refractivity (Wildman–Crippen MR) is 63.5 cm³/mol. The van der Waals surface area contributed by atoms with Crippen molar-refractivity contribution in [1.82, 2.24) is 4.98 Å². The quantitative estimate of drug-likeness (QED) is 0.497. The average Bonchev–Trinajstić information content (AvgIpc) is 3.05. The molecule has 0 aromatic carbocycles. The molecular formula is C11H13N3O4. The summed E-state index contributed by atoms with van der Waals surface area (Å²) in [5.41, 5.74) is -0.252. The minimum Gasteiger partial charge on any atom is -0.464 e. The highest BCUT2D eigenvalue weighted by Gasteiger charge is 2.39. The topological polar surface area (TPSA) is 94.4 Å². The third-order valence-corrected chi connectivity index (χ3v) is 2.89. The second kappa shape index (κ2) is 4.25. The van der Waals surface area contributed by atoms with Gasteiger partial charge in [-0.3, -0.25) is 10.1 Å². The number of rotatable bonds is 4. The van der Waals surface area contributed by atoms with Crippen LogP contribution in [0.3, 0.4) is 0 Å². The van der Waals surface area contributed by atoms with Crippen LogP contribution in [0.2, 0.25) is 0 Å². The highest BCUT2D eigenvalue weighted by atomic mass is 16.6. The van der Waals surface area contributed by atoms with Crippen LogP contribution < -0.4 is 5.32 Å². The lowest BCUT2D eigenvalue weighted by Crippen LogP contribution is -2.19. The predicted octanol–water partition coefficient (Wildman–Crippen LogP) is 1.74. The first-order valence-electron chi connectivity index (χ1n) is 5.47. The van der Waals surface area contributed by atoms with Crippen LogP contribution in [-0.4, -0.2) is 28.5 Å². The number of hydrogen-bond donors (Lipinski definition) is 1. The summed E-state index contributed by atoms with van der Waals surface area (Å²) >= 11 is 0. The maximum Gasteiger partial charge on any atom is 0.356 e. The van der Waals surface area contributed by atoms with Crippen molar-refractivity contribution in [2.24, 2.45) is 0 Å². The third-order valence-electron chi connectivity index (χ3n) is 2.89. The SMILES string of the molecule is COC(=O)c1ccc([N+](=O)[O-])c(NC2(C)CC2)n1. The highest BCUT2D eigenvalue weighted by molar-refractivity contribution is 5.88. The van der Waals surface area contributed by atoms with Gasteiger partial charge in [0, 0.05) is 11.6 Å². The number of hydrogen-bond acceptors (Lipinski definition) is 6. The molecule has 0 unspecified atom stereocenters. The molecule has 0 amide bonds. The number of anilines is 1. The molecule has 0 radical (unpaired) electrons. The first-order valence-corrected chi connectivity index (χ1v) is 5.47. The number of aromatic nitrogens is 1. The van der Waals surface area contributed by atoms with Gasteiger partial charge >= 0.3 is 11.7 Å². The molecule has 1 aromatic heterocycles. The van der Waals surface area contributed by atoms with Gasteiger partial charge in [0.05, 0.1) is 12.0 Å². The summed E-state index contributed by atoms with van der Waals surface area (Å²) in [4.78, 5) is 25.7. The van der Waals surface area contributed by atoms with E-state index in [0.717, 1.165) is 12.8 Å². The van der Waals surface area contributed by atoms with E-state index in [9.17, 15) is 14.9 Å². The Morgan fingerprint density at radius 1 is 1.56 bits per heavy atom. The summed E-state index contributed by atoms with van der Waals surface area (Å²) in [5.74, 6) is -0.503. The van der Waals surface area contributed by atoms with Gasteiger partial charge in [-0.2, -0.15) is 0 Å². The molecule has 96 valence electrons. The van der Waals surface area contributed by atoms with Gasteiger partial charge in [0.15, 0.2) is 5.69 Å². The number of esters is 1. The van der Waals surface area contributed by atoms with Gasteiger partial charge in [0.25, 0.3) is 0 Å². The van der Waals surface area contributed by atoms with E-state index in [-0.39, 0.29) is 22.7 Å². The van der Waals surface area contributed by atoms with Gasteiger partial charge in [-0.1, -0.05) is 0 Å². The smallest absolute Gasteiger partial charge is 0.356 e. The zero-order chi connectivity index (χ0) is 13.3. The number of nitrogens with zero attached hydrogens (tertiary/aromatic N) is 2. The van der Waals surface area contributed by atoms with Crippen molar-refractivity contribution < 1.29 is 14.5 Å². The van der Waals surface area contributed by atoms with E-state index in [4.69, 9.17) is 0 Å². The van der Waals surface area contributed by atoms with E-state index < -0.39 is 10.9 Å². The van der Waals surface area contributed by atoms with Crippen molar-refractivity contribution in [2.45, 2.75) is 25.3 Å². The fourth-order valence-corrected chi connectivity index (χ4v) is 1.51. The van der Waals surface area contributed by atoms with Gasteiger partial charge in [-0.05, 0) is 25.8 Å². The van der Waals surface area contributed by atoms with E-state index in [1.54, 1.807) is 0 Å². The number of ether oxygens (including phenoxy) is 1. The molecule has 1 saturated carbocycles. The number of carbonyl (C=O) groups is 1. The van der Waals surface area contributed by atoms with Gasteiger partial charge in [0.2, 0.25) is 5.82 Å². The van der Waals surface area contributed by atoms with Gasteiger partial charge in [-0.25, -0.2) is 9.78 Å². The summed E-state index contributed by atoms with van der Waals surface area (Å²) in [7, 11) is 1.24. The van der Waals surface area contributed by atoms with Crippen molar-refractivity contribution in [1.29, 1.82) is 0 Å². The monoisotopic (exact) mass is 251 g/mol. The molecule has 0 aliphatic heterocycles. The van der Waals surface area contributed by atoms with Crippen molar-refractivity contribution in [2.75, 3.05) is 12.4 Å². The molecule has 18 heavy (non-hydrogen) atoms. The standard InChI is InChI=1S/C11H13N3O4/c1-11(5-6-11)13-9-8(14(16)17)4-3-7(12-9)10(15)18-2/h3-4H,5-6H2,1-2H3,(H,12,13). The van der Waals surface area contributed by atoms with Crippen LogP contribution in [0.15, 0.2) is 12.1 Å². The van der Waals surface area contributed by atoms with Crippen molar-refractivity contribution in [3.8, 4) is 0 Å².